The highest BCUT2D eigenvalue weighted by Crippen LogP contribution is 2.32. The minimum absolute atomic E-state index is 0.0143. The van der Waals surface area contributed by atoms with Crippen molar-refractivity contribution in [2.45, 2.75) is 32.7 Å². The summed E-state index contributed by atoms with van der Waals surface area (Å²) < 4.78 is 3.94. The zero-order valence-electron chi connectivity index (χ0n) is 14.2. The van der Waals surface area contributed by atoms with Crippen LogP contribution < -0.4 is 0 Å². The van der Waals surface area contributed by atoms with E-state index in [1.165, 1.54) is 0 Å². The second-order valence-electron chi connectivity index (χ2n) is 6.61. The van der Waals surface area contributed by atoms with E-state index in [9.17, 15) is 4.79 Å². The predicted octanol–water partition coefficient (Wildman–Crippen LogP) is 2.66. The Morgan fingerprint density at radius 2 is 2.00 bits per heavy atom. The summed E-state index contributed by atoms with van der Waals surface area (Å²) in [5.74, 6) is 0.942. The first-order valence-corrected chi connectivity index (χ1v) is 8.29. The number of aryl methyl sites for hydroxylation is 3. The lowest BCUT2D eigenvalue weighted by Gasteiger charge is -2.23. The number of hydrogen-bond acceptors (Lipinski definition) is 3. The largest absolute Gasteiger partial charge is 0.336 e. The molecule has 1 unspecified atom stereocenters. The first-order valence-electron chi connectivity index (χ1n) is 8.29. The molecular weight excluding hydrogens is 302 g/mol. The Bertz CT molecular complexity index is 923. The zero-order valence-corrected chi connectivity index (χ0v) is 14.2. The summed E-state index contributed by atoms with van der Waals surface area (Å²) in [6.07, 6.45) is 7.76. The molecule has 0 radical (unpaired) electrons. The van der Waals surface area contributed by atoms with Crippen molar-refractivity contribution in [1.82, 2.24) is 23.8 Å². The van der Waals surface area contributed by atoms with E-state index in [4.69, 9.17) is 0 Å². The Balaban J connectivity index is 1.68. The van der Waals surface area contributed by atoms with Crippen LogP contribution in [0.5, 0.6) is 0 Å². The first kappa shape index (κ1) is 14.9. The van der Waals surface area contributed by atoms with Crippen LogP contribution in [0.25, 0.3) is 5.65 Å². The maximum atomic E-state index is 13.0. The average molecular weight is 323 g/mol. The van der Waals surface area contributed by atoms with Gasteiger partial charge in [-0.3, -0.25) is 4.79 Å². The van der Waals surface area contributed by atoms with Gasteiger partial charge in [0.15, 0.2) is 0 Å². The van der Waals surface area contributed by atoms with E-state index in [1.54, 1.807) is 0 Å². The van der Waals surface area contributed by atoms with Gasteiger partial charge in [-0.1, -0.05) is 6.07 Å². The van der Waals surface area contributed by atoms with Gasteiger partial charge in [-0.25, -0.2) is 9.97 Å². The number of aromatic nitrogens is 4. The van der Waals surface area contributed by atoms with Gasteiger partial charge in [0.05, 0.1) is 11.7 Å². The molecule has 0 aromatic carbocycles. The van der Waals surface area contributed by atoms with Crippen molar-refractivity contribution in [2.24, 2.45) is 7.05 Å². The summed E-state index contributed by atoms with van der Waals surface area (Å²) >= 11 is 0. The third-order valence-corrected chi connectivity index (χ3v) is 4.66. The molecule has 6 heteroatoms. The van der Waals surface area contributed by atoms with Crippen LogP contribution in [-0.4, -0.2) is 36.3 Å². The number of fused-ring (bicyclic) bond motifs is 1. The summed E-state index contributed by atoms with van der Waals surface area (Å²) in [5.41, 5.74) is 3.42. The highest BCUT2D eigenvalue weighted by Gasteiger charge is 2.34. The Morgan fingerprint density at radius 3 is 2.75 bits per heavy atom. The molecule has 0 N–H and O–H groups in total. The Kier molecular flexibility index (Phi) is 3.40. The van der Waals surface area contributed by atoms with Gasteiger partial charge >= 0.3 is 0 Å². The average Bonchev–Trinajstić information content (AvgIpc) is 3.23. The van der Waals surface area contributed by atoms with Crippen molar-refractivity contribution in [1.29, 1.82) is 0 Å². The van der Waals surface area contributed by atoms with Gasteiger partial charge in [0.1, 0.15) is 17.2 Å². The van der Waals surface area contributed by atoms with Crippen LogP contribution in [-0.2, 0) is 7.05 Å². The van der Waals surface area contributed by atoms with Gasteiger partial charge in [0.25, 0.3) is 5.91 Å². The fraction of sp³-hybridized carbons (Fsp3) is 0.389. The number of carbonyl (C=O) groups excluding carboxylic acids is 1. The van der Waals surface area contributed by atoms with Gasteiger partial charge in [-0.15, -0.1) is 0 Å². The lowest BCUT2D eigenvalue weighted by molar-refractivity contribution is 0.0723. The third kappa shape index (κ3) is 2.38. The Hall–Kier alpha value is -2.63. The molecule has 1 fully saturated rings. The summed E-state index contributed by atoms with van der Waals surface area (Å²) in [4.78, 5) is 24.0. The normalized spacial score (nSPS) is 17.8. The molecule has 0 spiro atoms. The van der Waals surface area contributed by atoms with Crippen molar-refractivity contribution in [3.63, 3.8) is 0 Å². The van der Waals surface area contributed by atoms with E-state index in [2.05, 4.69) is 9.97 Å². The molecule has 4 rings (SSSR count). The predicted molar refractivity (Wildman–Crippen MR) is 90.9 cm³/mol. The molecule has 0 saturated carbocycles. The van der Waals surface area contributed by atoms with Crippen molar-refractivity contribution in [2.75, 3.05) is 6.54 Å². The SMILES string of the molecule is Cc1ccc2nc(C(=O)N3CCCC3c3nc(C)cn3C)cn2c1. The topological polar surface area (TPSA) is 55.4 Å². The smallest absolute Gasteiger partial charge is 0.274 e. The fourth-order valence-electron chi connectivity index (χ4n) is 3.58. The molecule has 1 saturated heterocycles. The summed E-state index contributed by atoms with van der Waals surface area (Å²) in [7, 11) is 1.99. The van der Waals surface area contributed by atoms with Gasteiger partial charge in [-0.2, -0.15) is 0 Å². The molecule has 24 heavy (non-hydrogen) atoms. The van der Waals surface area contributed by atoms with Crippen LogP contribution in [0.4, 0.5) is 0 Å². The quantitative estimate of drug-likeness (QED) is 0.728. The summed E-state index contributed by atoms with van der Waals surface area (Å²) in [5, 5.41) is 0. The number of amides is 1. The minimum atomic E-state index is -0.0143. The fourth-order valence-corrected chi connectivity index (χ4v) is 3.58. The Morgan fingerprint density at radius 1 is 1.17 bits per heavy atom. The molecule has 1 aliphatic rings. The lowest BCUT2D eigenvalue weighted by Crippen LogP contribution is -2.32. The van der Waals surface area contributed by atoms with E-state index in [-0.39, 0.29) is 11.9 Å². The standard InChI is InChI=1S/C18H21N5O/c1-12-6-7-16-20-14(11-22(16)9-12)18(24)23-8-4-5-15(23)17-19-13(2)10-21(17)3/h6-7,9-11,15H,4-5,8H2,1-3H3. The molecule has 1 amide bonds. The molecule has 1 aliphatic heterocycles. The highest BCUT2D eigenvalue weighted by atomic mass is 16.2. The van der Waals surface area contributed by atoms with E-state index in [0.29, 0.717) is 5.69 Å². The van der Waals surface area contributed by atoms with E-state index in [1.807, 2.05) is 65.5 Å². The number of hydrogen-bond donors (Lipinski definition) is 0. The molecular formula is C18H21N5O. The first-order chi connectivity index (χ1) is 11.5. The lowest BCUT2D eigenvalue weighted by atomic mass is 10.2. The van der Waals surface area contributed by atoms with Crippen LogP contribution in [0.1, 0.15) is 46.5 Å². The van der Waals surface area contributed by atoms with Gasteiger partial charge < -0.3 is 13.9 Å². The Labute approximate surface area is 140 Å². The van der Waals surface area contributed by atoms with Crippen LogP contribution in [0.2, 0.25) is 0 Å². The number of rotatable bonds is 2. The van der Waals surface area contributed by atoms with Crippen LogP contribution in [0, 0.1) is 13.8 Å². The molecule has 124 valence electrons. The van der Waals surface area contributed by atoms with Gasteiger partial charge in [0.2, 0.25) is 0 Å². The van der Waals surface area contributed by atoms with Crippen molar-refractivity contribution >= 4 is 11.6 Å². The summed E-state index contributed by atoms with van der Waals surface area (Å²) in [6, 6.07) is 3.98. The van der Waals surface area contributed by atoms with Gasteiger partial charge in [-0.05, 0) is 38.3 Å². The zero-order chi connectivity index (χ0) is 16.8. The summed E-state index contributed by atoms with van der Waals surface area (Å²) in [6.45, 7) is 4.76. The van der Waals surface area contributed by atoms with E-state index >= 15 is 0 Å². The second kappa shape index (κ2) is 5.47. The molecule has 1 atom stereocenters. The van der Waals surface area contributed by atoms with Crippen molar-refractivity contribution < 1.29 is 4.79 Å². The number of nitrogens with zero attached hydrogens (tertiary/aromatic N) is 5. The molecule has 3 aromatic rings. The molecule has 3 aromatic heterocycles. The number of imidazole rings is 2. The molecule has 6 nitrogen and oxygen atoms in total. The van der Waals surface area contributed by atoms with Crippen LogP contribution >= 0.6 is 0 Å². The van der Waals surface area contributed by atoms with Crippen molar-refractivity contribution in [3.8, 4) is 0 Å². The van der Waals surface area contributed by atoms with Crippen molar-refractivity contribution in [3.05, 3.63) is 53.5 Å². The van der Waals surface area contributed by atoms with E-state index in [0.717, 1.165) is 42.1 Å². The monoisotopic (exact) mass is 323 g/mol. The minimum Gasteiger partial charge on any atom is -0.336 e. The molecule has 0 aliphatic carbocycles. The third-order valence-electron chi connectivity index (χ3n) is 4.66. The highest BCUT2D eigenvalue weighted by molar-refractivity contribution is 5.93. The molecule has 0 bridgehead atoms. The molecule has 4 heterocycles. The van der Waals surface area contributed by atoms with Crippen LogP contribution in [0.15, 0.2) is 30.7 Å². The van der Waals surface area contributed by atoms with E-state index < -0.39 is 0 Å². The van der Waals surface area contributed by atoms with Crippen LogP contribution in [0.3, 0.4) is 0 Å². The number of pyridine rings is 1. The second-order valence-corrected chi connectivity index (χ2v) is 6.61. The number of carbonyl (C=O) groups is 1. The maximum absolute atomic E-state index is 13.0. The van der Waals surface area contributed by atoms with Gasteiger partial charge in [0, 0.05) is 32.2 Å². The maximum Gasteiger partial charge on any atom is 0.274 e. The number of likely N-dealkylation sites (tertiary alicyclic amines) is 1.